The van der Waals surface area contributed by atoms with Crippen molar-refractivity contribution in [1.29, 1.82) is 0 Å². The van der Waals surface area contributed by atoms with Gasteiger partial charge in [0.1, 0.15) is 11.6 Å². The molecule has 3 heterocycles. The maximum atomic E-state index is 13.5. The molecule has 2 atom stereocenters. The maximum absolute atomic E-state index is 13.5. The van der Waals surface area contributed by atoms with Gasteiger partial charge in [0, 0.05) is 18.2 Å². The molecule has 0 bridgehead atoms. The van der Waals surface area contributed by atoms with E-state index in [4.69, 9.17) is 5.10 Å². The average molecular weight is 325 g/mol. The number of fused-ring (bicyclic) bond motifs is 1. The first-order chi connectivity index (χ1) is 11.6. The number of aromatic nitrogens is 4. The summed E-state index contributed by atoms with van der Waals surface area (Å²) in [6.07, 6.45) is 2.42. The molecule has 1 aromatic carbocycles. The monoisotopic (exact) mass is 325 g/mol. The van der Waals surface area contributed by atoms with E-state index in [9.17, 15) is 4.39 Å². The Morgan fingerprint density at radius 2 is 2.00 bits per heavy atom. The van der Waals surface area contributed by atoms with Crippen molar-refractivity contribution in [2.75, 3.05) is 11.4 Å². The number of halogens is 1. The van der Waals surface area contributed by atoms with E-state index >= 15 is 0 Å². The van der Waals surface area contributed by atoms with E-state index in [-0.39, 0.29) is 5.82 Å². The van der Waals surface area contributed by atoms with Crippen LogP contribution in [0.5, 0.6) is 0 Å². The standard InChI is InChI=1S/C18H20FN5/c1-12-5-4-10-23(13(12)2)17-9-8-16-20-21-18(24(16)22-17)14-6-3-7-15(19)11-14/h3,6-9,11-13H,4-5,10H2,1-2H3. The second-order valence-electron chi connectivity index (χ2n) is 6.55. The van der Waals surface area contributed by atoms with Crippen LogP contribution in [0.3, 0.4) is 0 Å². The number of nitrogens with zero attached hydrogens (tertiary/aromatic N) is 5. The molecular formula is C18H20FN5. The Bertz CT molecular complexity index is 875. The molecule has 1 aliphatic heterocycles. The summed E-state index contributed by atoms with van der Waals surface area (Å²) < 4.78 is 15.2. The van der Waals surface area contributed by atoms with Gasteiger partial charge in [-0.2, -0.15) is 4.52 Å². The largest absolute Gasteiger partial charge is 0.352 e. The van der Waals surface area contributed by atoms with Crippen LogP contribution >= 0.6 is 0 Å². The molecule has 0 saturated carbocycles. The van der Waals surface area contributed by atoms with E-state index in [0.717, 1.165) is 12.4 Å². The highest BCUT2D eigenvalue weighted by Crippen LogP contribution is 2.28. The lowest BCUT2D eigenvalue weighted by Crippen LogP contribution is -2.43. The smallest absolute Gasteiger partial charge is 0.185 e. The van der Waals surface area contributed by atoms with E-state index in [1.54, 1.807) is 10.6 Å². The molecule has 24 heavy (non-hydrogen) atoms. The first kappa shape index (κ1) is 15.1. The molecule has 3 aromatic rings. The molecule has 2 aromatic heterocycles. The lowest BCUT2D eigenvalue weighted by Gasteiger charge is -2.38. The van der Waals surface area contributed by atoms with Gasteiger partial charge in [-0.05, 0) is 49.9 Å². The highest BCUT2D eigenvalue weighted by atomic mass is 19.1. The van der Waals surface area contributed by atoms with Gasteiger partial charge in [-0.15, -0.1) is 15.3 Å². The fraction of sp³-hybridized carbons (Fsp3) is 0.389. The zero-order valence-electron chi connectivity index (χ0n) is 13.9. The Labute approximate surface area is 140 Å². The summed E-state index contributed by atoms with van der Waals surface area (Å²) in [5, 5.41) is 13.1. The Morgan fingerprint density at radius 1 is 1.12 bits per heavy atom. The fourth-order valence-corrected chi connectivity index (χ4v) is 3.40. The third-order valence-electron chi connectivity index (χ3n) is 5.00. The summed E-state index contributed by atoms with van der Waals surface area (Å²) in [6.45, 7) is 5.53. The van der Waals surface area contributed by atoms with Crippen LogP contribution in [-0.2, 0) is 0 Å². The fourth-order valence-electron chi connectivity index (χ4n) is 3.40. The van der Waals surface area contributed by atoms with Gasteiger partial charge < -0.3 is 4.90 Å². The van der Waals surface area contributed by atoms with Crippen molar-refractivity contribution in [2.24, 2.45) is 5.92 Å². The van der Waals surface area contributed by atoms with Crippen molar-refractivity contribution >= 4 is 11.5 Å². The summed E-state index contributed by atoms with van der Waals surface area (Å²) in [7, 11) is 0. The number of hydrogen-bond acceptors (Lipinski definition) is 4. The van der Waals surface area contributed by atoms with E-state index in [1.165, 1.54) is 25.0 Å². The van der Waals surface area contributed by atoms with Crippen LogP contribution in [0.25, 0.3) is 17.0 Å². The predicted octanol–water partition coefficient (Wildman–Crippen LogP) is 3.56. The van der Waals surface area contributed by atoms with Crippen molar-refractivity contribution < 1.29 is 4.39 Å². The van der Waals surface area contributed by atoms with Crippen LogP contribution < -0.4 is 4.90 Å². The third-order valence-corrected chi connectivity index (χ3v) is 5.00. The molecule has 6 heteroatoms. The molecule has 0 radical (unpaired) electrons. The molecule has 0 N–H and O–H groups in total. The summed E-state index contributed by atoms with van der Waals surface area (Å²) in [6, 6.07) is 10.7. The van der Waals surface area contributed by atoms with Crippen LogP contribution in [0.4, 0.5) is 10.2 Å². The Kier molecular flexibility index (Phi) is 3.67. The van der Waals surface area contributed by atoms with Gasteiger partial charge in [0.2, 0.25) is 0 Å². The molecule has 0 aliphatic carbocycles. The zero-order valence-corrected chi connectivity index (χ0v) is 13.9. The SMILES string of the molecule is CC1CCCN(c2ccc3nnc(-c4cccc(F)c4)n3n2)C1C. The number of benzene rings is 1. The highest BCUT2D eigenvalue weighted by molar-refractivity contribution is 5.59. The summed E-state index contributed by atoms with van der Waals surface area (Å²) in [5.74, 6) is 1.82. The van der Waals surface area contributed by atoms with Gasteiger partial charge in [-0.3, -0.25) is 0 Å². The quantitative estimate of drug-likeness (QED) is 0.723. The minimum absolute atomic E-state index is 0.293. The molecule has 0 amide bonds. The maximum Gasteiger partial charge on any atom is 0.185 e. The number of hydrogen-bond donors (Lipinski definition) is 0. The molecular weight excluding hydrogens is 305 g/mol. The molecule has 1 saturated heterocycles. The predicted molar refractivity (Wildman–Crippen MR) is 91.4 cm³/mol. The van der Waals surface area contributed by atoms with Crippen LogP contribution in [0.15, 0.2) is 36.4 Å². The highest BCUT2D eigenvalue weighted by Gasteiger charge is 2.26. The lowest BCUT2D eigenvalue weighted by molar-refractivity contribution is 0.360. The van der Waals surface area contributed by atoms with Gasteiger partial charge >= 0.3 is 0 Å². The van der Waals surface area contributed by atoms with Gasteiger partial charge in [-0.1, -0.05) is 19.1 Å². The lowest BCUT2D eigenvalue weighted by atomic mass is 9.92. The van der Waals surface area contributed by atoms with Crippen molar-refractivity contribution in [3.63, 3.8) is 0 Å². The molecule has 5 nitrogen and oxygen atoms in total. The Morgan fingerprint density at radius 3 is 2.83 bits per heavy atom. The van der Waals surface area contributed by atoms with Crippen molar-refractivity contribution in [2.45, 2.75) is 32.7 Å². The molecule has 1 fully saturated rings. The van der Waals surface area contributed by atoms with E-state index in [1.807, 2.05) is 18.2 Å². The Hall–Kier alpha value is -2.50. The first-order valence-corrected chi connectivity index (χ1v) is 8.38. The number of anilines is 1. The molecule has 2 unspecified atom stereocenters. The third kappa shape index (κ3) is 2.52. The van der Waals surface area contributed by atoms with E-state index in [2.05, 4.69) is 28.9 Å². The Balaban J connectivity index is 1.79. The second-order valence-corrected chi connectivity index (χ2v) is 6.55. The molecule has 0 spiro atoms. The van der Waals surface area contributed by atoms with Crippen molar-refractivity contribution in [3.8, 4) is 11.4 Å². The van der Waals surface area contributed by atoms with Gasteiger partial charge in [0.05, 0.1) is 0 Å². The second kappa shape index (κ2) is 5.85. The van der Waals surface area contributed by atoms with Gasteiger partial charge in [0.15, 0.2) is 11.5 Å². The number of piperidine rings is 1. The number of rotatable bonds is 2. The summed E-state index contributed by atoms with van der Waals surface area (Å²) >= 11 is 0. The molecule has 1 aliphatic rings. The minimum Gasteiger partial charge on any atom is -0.352 e. The van der Waals surface area contributed by atoms with Crippen LogP contribution in [0.2, 0.25) is 0 Å². The first-order valence-electron chi connectivity index (χ1n) is 8.38. The van der Waals surface area contributed by atoms with Crippen molar-refractivity contribution in [1.82, 2.24) is 19.8 Å². The topological polar surface area (TPSA) is 46.3 Å². The summed E-state index contributed by atoms with van der Waals surface area (Å²) in [5.41, 5.74) is 1.34. The van der Waals surface area contributed by atoms with Crippen LogP contribution in [0.1, 0.15) is 26.7 Å². The summed E-state index contributed by atoms with van der Waals surface area (Å²) in [4.78, 5) is 2.34. The minimum atomic E-state index is -0.293. The van der Waals surface area contributed by atoms with Gasteiger partial charge in [-0.25, -0.2) is 4.39 Å². The van der Waals surface area contributed by atoms with E-state index < -0.39 is 0 Å². The molecule has 124 valence electrons. The molecule has 4 rings (SSSR count). The van der Waals surface area contributed by atoms with Crippen LogP contribution in [-0.4, -0.2) is 32.4 Å². The van der Waals surface area contributed by atoms with Gasteiger partial charge in [0.25, 0.3) is 0 Å². The normalized spacial score (nSPS) is 21.4. The van der Waals surface area contributed by atoms with E-state index in [0.29, 0.717) is 29.0 Å². The average Bonchev–Trinajstić information content (AvgIpc) is 3.00. The van der Waals surface area contributed by atoms with Crippen molar-refractivity contribution in [3.05, 3.63) is 42.2 Å². The zero-order chi connectivity index (χ0) is 16.7. The van der Waals surface area contributed by atoms with Crippen LogP contribution in [0, 0.1) is 11.7 Å².